The fourth-order valence-corrected chi connectivity index (χ4v) is 3.97. The van der Waals surface area contributed by atoms with Crippen LogP contribution in [-0.2, 0) is 5.41 Å². The highest BCUT2D eigenvalue weighted by Crippen LogP contribution is 2.25. The molecule has 0 spiro atoms. The third-order valence-corrected chi connectivity index (χ3v) is 5.64. The maximum atomic E-state index is 12.5. The number of nitrogens with zero attached hydrogens (tertiary/aromatic N) is 5. The standard InChI is InChI=1S/C16H15N5O4S2/c1-16(2,3)12-13(23)20-14(18-17-12)27-15(19-20)26-8-11(22)9-4-6-10(7-5-9)21(24)25/h4-7H,8H2,1-3H3. The van der Waals surface area contributed by atoms with Crippen LogP contribution in [-0.4, -0.2) is 36.3 Å². The van der Waals surface area contributed by atoms with Crippen LogP contribution in [0.15, 0.2) is 33.4 Å². The van der Waals surface area contributed by atoms with Gasteiger partial charge in [0.25, 0.3) is 11.2 Å². The smallest absolute Gasteiger partial charge is 0.293 e. The minimum atomic E-state index is -0.519. The topological polar surface area (TPSA) is 120 Å². The average molecular weight is 405 g/mol. The fourth-order valence-electron chi connectivity index (χ4n) is 2.21. The largest absolute Gasteiger partial charge is 0.297 e. The number of nitro benzene ring substituents is 1. The van der Waals surface area contributed by atoms with Crippen LogP contribution < -0.4 is 5.56 Å². The second-order valence-corrected chi connectivity index (χ2v) is 8.86. The molecule has 1 aromatic carbocycles. The van der Waals surface area contributed by atoms with Crippen LogP contribution >= 0.6 is 23.1 Å². The lowest BCUT2D eigenvalue weighted by atomic mass is 9.93. The van der Waals surface area contributed by atoms with Crippen molar-refractivity contribution in [2.24, 2.45) is 0 Å². The summed E-state index contributed by atoms with van der Waals surface area (Å²) < 4.78 is 1.72. The van der Waals surface area contributed by atoms with Crippen molar-refractivity contribution in [3.8, 4) is 0 Å². The van der Waals surface area contributed by atoms with E-state index in [0.29, 0.717) is 20.6 Å². The molecule has 0 unspecified atom stereocenters. The maximum absolute atomic E-state index is 12.5. The van der Waals surface area contributed by atoms with Gasteiger partial charge in [-0.2, -0.15) is 4.52 Å². The first-order valence-electron chi connectivity index (χ1n) is 7.84. The molecule has 27 heavy (non-hydrogen) atoms. The van der Waals surface area contributed by atoms with E-state index in [0.717, 1.165) is 0 Å². The normalized spacial score (nSPS) is 11.7. The van der Waals surface area contributed by atoms with Gasteiger partial charge in [0, 0.05) is 23.1 Å². The number of carbonyl (C=O) groups excluding carboxylic acids is 1. The molecular formula is C16H15N5O4S2. The Morgan fingerprint density at radius 3 is 2.52 bits per heavy atom. The van der Waals surface area contributed by atoms with Crippen molar-refractivity contribution in [1.29, 1.82) is 0 Å². The molecule has 3 rings (SSSR count). The van der Waals surface area contributed by atoms with Crippen molar-refractivity contribution in [3.05, 3.63) is 56.0 Å². The van der Waals surface area contributed by atoms with Crippen molar-refractivity contribution in [3.63, 3.8) is 0 Å². The molecule has 0 fully saturated rings. The zero-order chi connectivity index (χ0) is 19.8. The third-order valence-electron chi connectivity index (χ3n) is 3.61. The van der Waals surface area contributed by atoms with Gasteiger partial charge in [-0.25, -0.2) is 0 Å². The fraction of sp³-hybridized carbons (Fsp3) is 0.312. The van der Waals surface area contributed by atoms with Crippen LogP contribution in [0, 0.1) is 10.1 Å². The van der Waals surface area contributed by atoms with Crippen LogP contribution in [0.1, 0.15) is 36.8 Å². The summed E-state index contributed by atoms with van der Waals surface area (Å²) >= 11 is 2.35. The first-order valence-corrected chi connectivity index (χ1v) is 9.64. The lowest BCUT2D eigenvalue weighted by Crippen LogP contribution is -2.30. The Morgan fingerprint density at radius 2 is 1.93 bits per heavy atom. The molecule has 0 saturated carbocycles. The maximum Gasteiger partial charge on any atom is 0.297 e. The van der Waals surface area contributed by atoms with Crippen molar-refractivity contribution in [1.82, 2.24) is 19.8 Å². The highest BCUT2D eigenvalue weighted by molar-refractivity contribution is 8.01. The number of Topliss-reactive ketones (excluding diaryl/α,β-unsaturated/α-hetero) is 1. The molecule has 0 atom stereocenters. The van der Waals surface area contributed by atoms with E-state index in [9.17, 15) is 19.7 Å². The quantitative estimate of drug-likeness (QED) is 0.275. The minimum Gasteiger partial charge on any atom is -0.293 e. The monoisotopic (exact) mass is 405 g/mol. The summed E-state index contributed by atoms with van der Waals surface area (Å²) in [6, 6.07) is 5.42. The summed E-state index contributed by atoms with van der Waals surface area (Å²) in [6.07, 6.45) is 0. The third kappa shape index (κ3) is 4.03. The van der Waals surface area contributed by atoms with Gasteiger partial charge in [-0.15, -0.1) is 15.3 Å². The number of hydrogen-bond acceptors (Lipinski definition) is 9. The van der Waals surface area contributed by atoms with E-state index < -0.39 is 10.3 Å². The van der Waals surface area contributed by atoms with Gasteiger partial charge >= 0.3 is 0 Å². The summed E-state index contributed by atoms with van der Waals surface area (Å²) in [5, 5.41) is 23.0. The Kier molecular flexibility index (Phi) is 5.07. The second kappa shape index (κ2) is 7.16. The molecule has 11 heteroatoms. The number of thioether (sulfide) groups is 1. The van der Waals surface area contributed by atoms with Crippen molar-refractivity contribution < 1.29 is 9.72 Å². The molecule has 0 aliphatic carbocycles. The number of nitro groups is 1. The van der Waals surface area contributed by atoms with Gasteiger partial charge in [-0.1, -0.05) is 43.9 Å². The minimum absolute atomic E-state index is 0.0713. The molecule has 3 aromatic rings. The Hall–Kier alpha value is -2.66. The molecule has 0 aliphatic heterocycles. The molecular weight excluding hydrogens is 390 g/mol. The number of ketones is 1. The summed E-state index contributed by atoms with van der Waals surface area (Å²) in [6.45, 7) is 5.61. The Bertz CT molecular complexity index is 1080. The van der Waals surface area contributed by atoms with Crippen LogP contribution in [0.25, 0.3) is 4.96 Å². The highest BCUT2D eigenvalue weighted by Gasteiger charge is 2.23. The number of rotatable bonds is 5. The van der Waals surface area contributed by atoms with E-state index in [1.807, 2.05) is 20.8 Å². The van der Waals surface area contributed by atoms with E-state index in [2.05, 4.69) is 15.3 Å². The van der Waals surface area contributed by atoms with Gasteiger partial charge in [-0.3, -0.25) is 19.7 Å². The van der Waals surface area contributed by atoms with Gasteiger partial charge in [0.2, 0.25) is 4.96 Å². The summed E-state index contributed by atoms with van der Waals surface area (Å²) in [4.78, 5) is 35.3. The Labute approximate surface area is 161 Å². The molecule has 2 heterocycles. The number of carbonyl (C=O) groups is 1. The summed E-state index contributed by atoms with van der Waals surface area (Å²) in [5.74, 6) is -0.102. The van der Waals surface area contributed by atoms with Gasteiger partial charge in [0.15, 0.2) is 10.1 Å². The van der Waals surface area contributed by atoms with Crippen LogP contribution in [0.5, 0.6) is 0 Å². The molecule has 0 aliphatic rings. The Morgan fingerprint density at radius 1 is 1.26 bits per heavy atom. The Balaban J connectivity index is 1.77. The lowest BCUT2D eigenvalue weighted by Gasteiger charge is -2.14. The molecule has 9 nitrogen and oxygen atoms in total. The molecule has 0 saturated heterocycles. The predicted molar refractivity (Wildman–Crippen MR) is 102 cm³/mol. The molecule has 140 valence electrons. The molecule has 0 bridgehead atoms. The number of benzene rings is 1. The van der Waals surface area contributed by atoms with Gasteiger partial charge in [0.05, 0.1) is 10.7 Å². The van der Waals surface area contributed by atoms with Gasteiger partial charge in [0.1, 0.15) is 5.69 Å². The SMILES string of the molecule is CC(C)(C)c1nnc2sc(SCC(=O)c3ccc([N+](=O)[O-])cc3)nn2c1=O. The lowest BCUT2D eigenvalue weighted by molar-refractivity contribution is -0.384. The van der Waals surface area contributed by atoms with Gasteiger partial charge in [-0.05, 0) is 12.1 Å². The molecule has 2 aromatic heterocycles. The number of non-ortho nitro benzene ring substituents is 1. The van der Waals surface area contributed by atoms with Gasteiger partial charge < -0.3 is 0 Å². The van der Waals surface area contributed by atoms with Crippen LogP contribution in [0.2, 0.25) is 0 Å². The summed E-state index contributed by atoms with van der Waals surface area (Å²) in [5.41, 5.74) is -0.145. The molecule has 0 amide bonds. The van der Waals surface area contributed by atoms with Crippen molar-refractivity contribution in [2.45, 2.75) is 30.5 Å². The number of aromatic nitrogens is 4. The van der Waals surface area contributed by atoms with Crippen molar-refractivity contribution >= 4 is 39.5 Å². The zero-order valence-electron chi connectivity index (χ0n) is 14.7. The van der Waals surface area contributed by atoms with Crippen molar-refractivity contribution in [2.75, 3.05) is 5.75 Å². The second-order valence-electron chi connectivity index (χ2n) is 6.68. The zero-order valence-corrected chi connectivity index (χ0v) is 16.3. The molecule has 0 radical (unpaired) electrons. The van der Waals surface area contributed by atoms with E-state index in [1.54, 1.807) is 0 Å². The van der Waals surface area contributed by atoms with E-state index in [-0.39, 0.29) is 22.8 Å². The molecule has 0 N–H and O–H groups in total. The first-order chi connectivity index (χ1) is 12.7. The van der Waals surface area contributed by atoms with E-state index in [4.69, 9.17) is 0 Å². The average Bonchev–Trinajstić information content (AvgIpc) is 3.03. The number of hydrogen-bond donors (Lipinski definition) is 0. The highest BCUT2D eigenvalue weighted by atomic mass is 32.2. The predicted octanol–water partition coefficient (Wildman–Crippen LogP) is 2.73. The number of fused-ring (bicyclic) bond motifs is 1. The van der Waals surface area contributed by atoms with Crippen LogP contribution in [0.3, 0.4) is 0 Å². The van der Waals surface area contributed by atoms with Crippen LogP contribution in [0.4, 0.5) is 5.69 Å². The first kappa shape index (κ1) is 19.1. The van der Waals surface area contributed by atoms with E-state index in [1.165, 1.54) is 51.9 Å². The summed E-state index contributed by atoms with van der Waals surface area (Å²) in [7, 11) is 0. The van der Waals surface area contributed by atoms with E-state index >= 15 is 0 Å².